The van der Waals surface area contributed by atoms with Crippen molar-refractivity contribution in [3.05, 3.63) is 29.3 Å². The Morgan fingerprint density at radius 2 is 1.90 bits per heavy atom. The fraction of sp³-hybridized carbons (Fsp3) is 0.462. The molecule has 0 spiro atoms. The largest absolute Gasteiger partial charge is 0.354 e. The Labute approximate surface area is 135 Å². The van der Waals surface area contributed by atoms with Gasteiger partial charge in [0.1, 0.15) is 5.75 Å². The highest BCUT2D eigenvalue weighted by Crippen LogP contribution is 2.31. The van der Waals surface area contributed by atoms with Gasteiger partial charge < -0.3 is 11.1 Å². The van der Waals surface area contributed by atoms with Crippen LogP contribution >= 0.6 is 24.0 Å². The van der Waals surface area contributed by atoms with Gasteiger partial charge in [-0.1, -0.05) is 11.6 Å². The summed E-state index contributed by atoms with van der Waals surface area (Å²) in [6.07, 6.45) is 2.17. The minimum Gasteiger partial charge on any atom is -0.354 e. The molecule has 1 fully saturated rings. The molecule has 0 aromatic heterocycles. The number of sulfone groups is 1. The molecule has 1 amide bonds. The Morgan fingerprint density at radius 3 is 2.43 bits per heavy atom. The van der Waals surface area contributed by atoms with Gasteiger partial charge in [0.25, 0.3) is 0 Å². The highest BCUT2D eigenvalue weighted by atomic mass is 35.5. The van der Waals surface area contributed by atoms with E-state index in [4.69, 9.17) is 17.3 Å². The average molecular weight is 353 g/mol. The summed E-state index contributed by atoms with van der Waals surface area (Å²) in [5.41, 5.74) is 5.84. The van der Waals surface area contributed by atoms with Crippen molar-refractivity contribution in [2.24, 2.45) is 11.7 Å². The van der Waals surface area contributed by atoms with Crippen LogP contribution < -0.4 is 11.1 Å². The Balaban J connectivity index is 0.00000220. The predicted molar refractivity (Wildman–Crippen MR) is 84.5 cm³/mol. The summed E-state index contributed by atoms with van der Waals surface area (Å²) in [4.78, 5) is 11.8. The number of carbonyl (C=O) groups excluding carboxylic acids is 1. The molecule has 2 rings (SSSR count). The molecule has 21 heavy (non-hydrogen) atoms. The van der Waals surface area contributed by atoms with Crippen LogP contribution in [0.2, 0.25) is 5.02 Å². The molecule has 1 aromatic rings. The number of carbonyl (C=O) groups is 1. The smallest absolute Gasteiger partial charge is 0.235 e. The van der Waals surface area contributed by atoms with E-state index in [1.54, 1.807) is 0 Å². The first kappa shape index (κ1) is 18.2. The Bertz CT molecular complexity index is 586. The number of hydrogen-bond acceptors (Lipinski definition) is 4. The lowest BCUT2D eigenvalue weighted by Gasteiger charge is -2.11. The zero-order valence-corrected chi connectivity index (χ0v) is 13.7. The summed E-state index contributed by atoms with van der Waals surface area (Å²) in [5.74, 6) is -0.648. The van der Waals surface area contributed by atoms with Gasteiger partial charge >= 0.3 is 0 Å². The van der Waals surface area contributed by atoms with E-state index in [-0.39, 0.29) is 23.3 Å². The number of benzene rings is 1. The predicted octanol–water partition coefficient (Wildman–Crippen LogP) is 1.39. The zero-order valence-electron chi connectivity index (χ0n) is 11.3. The molecular weight excluding hydrogens is 335 g/mol. The standard InChI is InChI=1S/C13H17ClN2O3S.ClH/c14-10-3-5-11(6-4-10)20(18,19)8-13(17)16-7-12(15)9-1-2-9;/h3-6,9,12H,1-2,7-8,15H2,(H,16,17);1H. The lowest BCUT2D eigenvalue weighted by molar-refractivity contribution is -0.118. The first-order valence-electron chi connectivity index (χ1n) is 6.39. The molecule has 1 aromatic carbocycles. The van der Waals surface area contributed by atoms with Gasteiger partial charge in [0, 0.05) is 17.6 Å². The van der Waals surface area contributed by atoms with Crippen molar-refractivity contribution < 1.29 is 13.2 Å². The van der Waals surface area contributed by atoms with E-state index in [1.807, 2.05) is 0 Å². The van der Waals surface area contributed by atoms with E-state index in [0.29, 0.717) is 17.5 Å². The van der Waals surface area contributed by atoms with E-state index in [9.17, 15) is 13.2 Å². The van der Waals surface area contributed by atoms with Gasteiger partial charge in [-0.3, -0.25) is 4.79 Å². The van der Waals surface area contributed by atoms with Gasteiger partial charge in [0.15, 0.2) is 9.84 Å². The van der Waals surface area contributed by atoms with Crippen LogP contribution in [0.1, 0.15) is 12.8 Å². The summed E-state index contributed by atoms with van der Waals surface area (Å²) in [6.45, 7) is 0.319. The minimum atomic E-state index is -3.64. The van der Waals surface area contributed by atoms with Gasteiger partial charge in [0.05, 0.1) is 4.90 Å². The molecule has 0 radical (unpaired) electrons. The minimum absolute atomic E-state index is 0. The van der Waals surface area contributed by atoms with E-state index in [1.165, 1.54) is 24.3 Å². The maximum atomic E-state index is 12.0. The molecule has 1 aliphatic rings. The molecule has 1 atom stereocenters. The number of amides is 1. The van der Waals surface area contributed by atoms with Gasteiger partial charge in [-0.05, 0) is 43.0 Å². The summed E-state index contributed by atoms with van der Waals surface area (Å²) >= 11 is 5.70. The molecule has 0 saturated heterocycles. The molecule has 118 valence electrons. The SMILES string of the molecule is Cl.NC(CNC(=O)CS(=O)(=O)c1ccc(Cl)cc1)C1CC1. The number of nitrogens with one attached hydrogen (secondary N) is 1. The molecule has 1 saturated carbocycles. The highest BCUT2D eigenvalue weighted by Gasteiger charge is 2.29. The molecule has 1 unspecified atom stereocenters. The molecule has 0 heterocycles. The number of nitrogens with two attached hydrogens (primary N) is 1. The molecule has 0 aliphatic heterocycles. The topological polar surface area (TPSA) is 89.3 Å². The number of hydrogen-bond donors (Lipinski definition) is 2. The van der Waals surface area contributed by atoms with Crippen molar-refractivity contribution in [3.63, 3.8) is 0 Å². The molecule has 0 bridgehead atoms. The van der Waals surface area contributed by atoms with Crippen LogP contribution in [-0.4, -0.2) is 32.7 Å². The third kappa shape index (κ3) is 5.47. The summed E-state index contributed by atoms with van der Waals surface area (Å²) < 4.78 is 24.0. The van der Waals surface area contributed by atoms with Crippen molar-refractivity contribution in [2.45, 2.75) is 23.8 Å². The second-order valence-electron chi connectivity index (χ2n) is 5.02. The Kier molecular flexibility index (Phi) is 6.46. The Hall–Kier alpha value is -0.820. The van der Waals surface area contributed by atoms with Crippen LogP contribution in [0.4, 0.5) is 0 Å². The molecular formula is C13H18Cl2N2O3S. The van der Waals surface area contributed by atoms with E-state index < -0.39 is 21.5 Å². The monoisotopic (exact) mass is 352 g/mol. The molecule has 1 aliphatic carbocycles. The van der Waals surface area contributed by atoms with Crippen LogP contribution in [0.25, 0.3) is 0 Å². The van der Waals surface area contributed by atoms with Crippen molar-refractivity contribution in [1.29, 1.82) is 0 Å². The number of halogens is 2. The first-order chi connectivity index (χ1) is 9.38. The van der Waals surface area contributed by atoms with Crippen molar-refractivity contribution in [1.82, 2.24) is 5.32 Å². The van der Waals surface area contributed by atoms with Crippen LogP contribution in [0.5, 0.6) is 0 Å². The first-order valence-corrected chi connectivity index (χ1v) is 8.42. The van der Waals surface area contributed by atoms with Gasteiger partial charge in [0.2, 0.25) is 5.91 Å². The lowest BCUT2D eigenvalue weighted by Crippen LogP contribution is -2.40. The fourth-order valence-electron chi connectivity index (χ4n) is 1.87. The Morgan fingerprint density at radius 1 is 1.33 bits per heavy atom. The second kappa shape index (κ2) is 7.45. The van der Waals surface area contributed by atoms with Crippen LogP contribution in [0.15, 0.2) is 29.2 Å². The van der Waals surface area contributed by atoms with Crippen LogP contribution in [0, 0.1) is 5.92 Å². The van der Waals surface area contributed by atoms with Gasteiger partial charge in [-0.2, -0.15) is 0 Å². The maximum Gasteiger partial charge on any atom is 0.235 e. The summed E-state index contributed by atoms with van der Waals surface area (Å²) in [6, 6.07) is 5.66. The third-order valence-corrected chi connectivity index (χ3v) is 5.14. The van der Waals surface area contributed by atoms with Crippen LogP contribution in [-0.2, 0) is 14.6 Å². The quantitative estimate of drug-likeness (QED) is 0.809. The zero-order chi connectivity index (χ0) is 14.8. The van der Waals surface area contributed by atoms with E-state index in [2.05, 4.69) is 5.32 Å². The molecule has 5 nitrogen and oxygen atoms in total. The third-order valence-electron chi connectivity index (χ3n) is 3.26. The highest BCUT2D eigenvalue weighted by molar-refractivity contribution is 7.92. The normalized spacial score (nSPS) is 15.9. The molecule has 3 N–H and O–H groups in total. The van der Waals surface area contributed by atoms with Crippen molar-refractivity contribution in [2.75, 3.05) is 12.3 Å². The maximum absolute atomic E-state index is 12.0. The molecule has 8 heteroatoms. The van der Waals surface area contributed by atoms with Gasteiger partial charge in [-0.25, -0.2) is 8.42 Å². The summed E-state index contributed by atoms with van der Waals surface area (Å²) in [7, 11) is -3.64. The summed E-state index contributed by atoms with van der Waals surface area (Å²) in [5, 5.41) is 3.02. The van der Waals surface area contributed by atoms with Gasteiger partial charge in [-0.15, -0.1) is 12.4 Å². The van der Waals surface area contributed by atoms with E-state index >= 15 is 0 Å². The average Bonchev–Trinajstić information content (AvgIpc) is 3.20. The van der Waals surface area contributed by atoms with Crippen LogP contribution in [0.3, 0.4) is 0 Å². The second-order valence-corrected chi connectivity index (χ2v) is 7.44. The van der Waals surface area contributed by atoms with Crippen molar-refractivity contribution >= 4 is 39.8 Å². The number of rotatable bonds is 6. The lowest BCUT2D eigenvalue weighted by atomic mass is 10.2. The van der Waals surface area contributed by atoms with E-state index in [0.717, 1.165) is 12.8 Å². The fourth-order valence-corrected chi connectivity index (χ4v) is 3.16. The van der Waals surface area contributed by atoms with Crippen molar-refractivity contribution in [3.8, 4) is 0 Å².